The molecule has 0 radical (unpaired) electrons. The van der Waals surface area contributed by atoms with Gasteiger partial charge in [0.05, 0.1) is 6.61 Å². The monoisotopic (exact) mass is 242 g/mol. The lowest BCUT2D eigenvalue weighted by Gasteiger charge is -2.11. The molecule has 94 valence electrons. The summed E-state index contributed by atoms with van der Waals surface area (Å²) in [5.74, 6) is -2.50. The van der Waals surface area contributed by atoms with Gasteiger partial charge in [0, 0.05) is 0 Å². The third-order valence-corrected chi connectivity index (χ3v) is 2.68. The van der Waals surface area contributed by atoms with E-state index in [1.807, 2.05) is 13.8 Å². The van der Waals surface area contributed by atoms with E-state index in [-0.39, 0.29) is 18.1 Å². The SMILES string of the molecule is CCC(C)COC(=O)c1c(F)ccc(C)c1F. The fourth-order valence-electron chi connectivity index (χ4n) is 1.25. The van der Waals surface area contributed by atoms with Gasteiger partial charge in [0.25, 0.3) is 0 Å². The number of esters is 1. The molecule has 0 aromatic heterocycles. The minimum Gasteiger partial charge on any atom is -0.462 e. The van der Waals surface area contributed by atoms with Gasteiger partial charge in [-0.2, -0.15) is 0 Å². The molecular weight excluding hydrogens is 226 g/mol. The predicted octanol–water partition coefficient (Wildman–Crippen LogP) is 3.48. The summed E-state index contributed by atoms with van der Waals surface area (Å²) in [6.07, 6.45) is 0.839. The molecular formula is C13H16F2O2. The average Bonchev–Trinajstić information content (AvgIpc) is 2.31. The number of hydrogen-bond donors (Lipinski definition) is 0. The van der Waals surface area contributed by atoms with Gasteiger partial charge in [-0.15, -0.1) is 0 Å². The molecule has 1 rings (SSSR count). The first-order valence-corrected chi connectivity index (χ1v) is 5.59. The summed E-state index contributed by atoms with van der Waals surface area (Å²) in [7, 11) is 0. The molecule has 0 aliphatic rings. The molecule has 0 bridgehead atoms. The quantitative estimate of drug-likeness (QED) is 0.755. The van der Waals surface area contributed by atoms with Crippen molar-refractivity contribution in [2.75, 3.05) is 6.61 Å². The van der Waals surface area contributed by atoms with Crippen LogP contribution in [0, 0.1) is 24.5 Å². The molecule has 0 fully saturated rings. The fourth-order valence-corrected chi connectivity index (χ4v) is 1.25. The third kappa shape index (κ3) is 3.25. The summed E-state index contributed by atoms with van der Waals surface area (Å²) < 4.78 is 31.8. The second-order valence-corrected chi connectivity index (χ2v) is 4.17. The molecule has 0 saturated heterocycles. The van der Waals surface area contributed by atoms with Crippen molar-refractivity contribution in [3.8, 4) is 0 Å². The van der Waals surface area contributed by atoms with E-state index < -0.39 is 23.2 Å². The predicted molar refractivity (Wildman–Crippen MR) is 60.8 cm³/mol. The largest absolute Gasteiger partial charge is 0.462 e. The van der Waals surface area contributed by atoms with Crippen LogP contribution in [-0.4, -0.2) is 12.6 Å². The first-order chi connectivity index (χ1) is 7.97. The molecule has 17 heavy (non-hydrogen) atoms. The summed E-state index contributed by atoms with van der Waals surface area (Å²) >= 11 is 0. The zero-order valence-corrected chi connectivity index (χ0v) is 10.2. The van der Waals surface area contributed by atoms with Crippen LogP contribution in [0.15, 0.2) is 12.1 Å². The van der Waals surface area contributed by atoms with Crippen LogP contribution in [-0.2, 0) is 4.74 Å². The van der Waals surface area contributed by atoms with Gasteiger partial charge in [-0.05, 0) is 24.5 Å². The van der Waals surface area contributed by atoms with Crippen LogP contribution < -0.4 is 0 Å². The first-order valence-electron chi connectivity index (χ1n) is 5.59. The number of aryl methyl sites for hydroxylation is 1. The molecule has 1 unspecified atom stereocenters. The Morgan fingerprint density at radius 3 is 2.65 bits per heavy atom. The highest BCUT2D eigenvalue weighted by Gasteiger charge is 2.20. The number of carbonyl (C=O) groups excluding carboxylic acids is 1. The summed E-state index contributed by atoms with van der Waals surface area (Å²) in [6.45, 7) is 5.49. The van der Waals surface area contributed by atoms with E-state index in [0.29, 0.717) is 0 Å². The van der Waals surface area contributed by atoms with Crippen LogP contribution in [0.5, 0.6) is 0 Å². The van der Waals surface area contributed by atoms with Crippen molar-refractivity contribution in [1.82, 2.24) is 0 Å². The number of hydrogen-bond acceptors (Lipinski definition) is 2. The van der Waals surface area contributed by atoms with E-state index in [2.05, 4.69) is 0 Å². The first kappa shape index (κ1) is 13.6. The highest BCUT2D eigenvalue weighted by Crippen LogP contribution is 2.17. The maximum Gasteiger partial charge on any atom is 0.344 e. The Kier molecular flexibility index (Phi) is 4.61. The summed E-state index contributed by atoms with van der Waals surface area (Å²) in [5.41, 5.74) is -0.379. The van der Waals surface area contributed by atoms with Crippen LogP contribution in [0.2, 0.25) is 0 Å². The van der Waals surface area contributed by atoms with Crippen molar-refractivity contribution < 1.29 is 18.3 Å². The molecule has 0 aliphatic carbocycles. The zero-order valence-electron chi connectivity index (χ0n) is 10.2. The molecule has 0 aliphatic heterocycles. The lowest BCUT2D eigenvalue weighted by atomic mass is 10.1. The van der Waals surface area contributed by atoms with Crippen molar-refractivity contribution in [2.45, 2.75) is 27.2 Å². The number of halogens is 2. The second kappa shape index (κ2) is 5.75. The zero-order chi connectivity index (χ0) is 13.0. The van der Waals surface area contributed by atoms with Crippen molar-refractivity contribution >= 4 is 5.97 Å². The Balaban J connectivity index is 2.86. The topological polar surface area (TPSA) is 26.3 Å². The second-order valence-electron chi connectivity index (χ2n) is 4.17. The molecule has 0 amide bonds. The van der Waals surface area contributed by atoms with E-state index in [9.17, 15) is 13.6 Å². The molecule has 1 atom stereocenters. The van der Waals surface area contributed by atoms with Crippen molar-refractivity contribution in [3.63, 3.8) is 0 Å². The summed E-state index contributed by atoms with van der Waals surface area (Å²) in [4.78, 5) is 11.6. The van der Waals surface area contributed by atoms with Crippen molar-refractivity contribution in [2.24, 2.45) is 5.92 Å². The highest BCUT2D eigenvalue weighted by molar-refractivity contribution is 5.90. The minimum atomic E-state index is -0.941. The summed E-state index contributed by atoms with van der Waals surface area (Å²) in [6, 6.07) is 2.36. The average molecular weight is 242 g/mol. The maximum absolute atomic E-state index is 13.6. The van der Waals surface area contributed by atoms with E-state index in [0.717, 1.165) is 12.5 Å². The van der Waals surface area contributed by atoms with Gasteiger partial charge in [0.2, 0.25) is 0 Å². The van der Waals surface area contributed by atoms with Crippen LogP contribution in [0.3, 0.4) is 0 Å². The molecule has 4 heteroatoms. The lowest BCUT2D eigenvalue weighted by Crippen LogP contribution is -2.15. The van der Waals surface area contributed by atoms with Crippen LogP contribution in [0.4, 0.5) is 8.78 Å². The number of ether oxygens (including phenoxy) is 1. The maximum atomic E-state index is 13.6. The van der Waals surface area contributed by atoms with Gasteiger partial charge in [0.1, 0.15) is 17.2 Å². The normalized spacial score (nSPS) is 12.3. The molecule has 0 saturated carbocycles. The Bertz CT molecular complexity index is 416. The van der Waals surface area contributed by atoms with Gasteiger partial charge >= 0.3 is 5.97 Å². The Morgan fingerprint density at radius 1 is 1.41 bits per heavy atom. The highest BCUT2D eigenvalue weighted by atomic mass is 19.1. The number of carbonyl (C=O) groups is 1. The molecule has 2 nitrogen and oxygen atoms in total. The van der Waals surface area contributed by atoms with Crippen LogP contribution >= 0.6 is 0 Å². The van der Waals surface area contributed by atoms with E-state index in [4.69, 9.17) is 4.74 Å². The van der Waals surface area contributed by atoms with E-state index in [1.54, 1.807) is 0 Å². The minimum absolute atomic E-state index is 0.169. The molecule has 0 heterocycles. The Labute approximate surface area is 99.6 Å². The fraction of sp³-hybridized carbons (Fsp3) is 0.462. The van der Waals surface area contributed by atoms with Crippen molar-refractivity contribution in [3.05, 3.63) is 34.9 Å². The molecule has 0 N–H and O–H groups in total. The van der Waals surface area contributed by atoms with Gasteiger partial charge in [0.15, 0.2) is 0 Å². The number of benzene rings is 1. The lowest BCUT2D eigenvalue weighted by molar-refractivity contribution is 0.0436. The van der Waals surface area contributed by atoms with Crippen LogP contribution in [0.1, 0.15) is 36.2 Å². The van der Waals surface area contributed by atoms with E-state index >= 15 is 0 Å². The number of rotatable bonds is 4. The van der Waals surface area contributed by atoms with Gasteiger partial charge in [-0.1, -0.05) is 26.3 Å². The molecule has 1 aromatic carbocycles. The molecule has 0 spiro atoms. The molecule has 1 aromatic rings. The standard InChI is InChI=1S/C13H16F2O2/c1-4-8(2)7-17-13(16)11-10(14)6-5-9(3)12(11)15/h5-6,8H,4,7H2,1-3H3. The van der Waals surface area contributed by atoms with Gasteiger partial charge in [-0.25, -0.2) is 13.6 Å². The smallest absolute Gasteiger partial charge is 0.344 e. The van der Waals surface area contributed by atoms with E-state index in [1.165, 1.54) is 13.0 Å². The third-order valence-electron chi connectivity index (χ3n) is 2.68. The van der Waals surface area contributed by atoms with Gasteiger partial charge in [-0.3, -0.25) is 0 Å². The Hall–Kier alpha value is -1.45. The summed E-state index contributed by atoms with van der Waals surface area (Å²) in [5, 5.41) is 0. The Morgan fingerprint density at radius 2 is 2.06 bits per heavy atom. The van der Waals surface area contributed by atoms with Gasteiger partial charge < -0.3 is 4.74 Å². The van der Waals surface area contributed by atoms with Crippen molar-refractivity contribution in [1.29, 1.82) is 0 Å². The van der Waals surface area contributed by atoms with Crippen LogP contribution in [0.25, 0.3) is 0 Å².